The Morgan fingerprint density at radius 2 is 2.04 bits per heavy atom. The minimum atomic E-state index is -0.416. The number of carbonyl (C=O) groups excluding carboxylic acids is 1. The Morgan fingerprint density at radius 1 is 1.29 bits per heavy atom. The molecule has 0 aromatic heterocycles. The first-order valence-corrected chi connectivity index (χ1v) is 7.96. The van der Waals surface area contributed by atoms with Crippen LogP contribution < -0.4 is 10.1 Å². The van der Waals surface area contributed by atoms with E-state index in [1.165, 1.54) is 24.3 Å². The van der Waals surface area contributed by atoms with Crippen LogP contribution in [0, 0.1) is 5.82 Å². The molecule has 0 saturated heterocycles. The quantitative estimate of drug-likeness (QED) is 0.938. The van der Waals surface area contributed by atoms with Crippen molar-refractivity contribution >= 4 is 5.91 Å². The van der Waals surface area contributed by atoms with Crippen molar-refractivity contribution in [3.63, 3.8) is 0 Å². The normalized spacial score (nSPS) is 16.4. The number of amides is 1. The second-order valence-corrected chi connectivity index (χ2v) is 6.07. The number of likely N-dealkylation sites (N-methyl/N-ethyl adjacent to an activating group) is 1. The molecule has 1 unspecified atom stereocenters. The molecule has 1 heterocycles. The first-order valence-electron chi connectivity index (χ1n) is 7.96. The van der Waals surface area contributed by atoms with Gasteiger partial charge >= 0.3 is 0 Å². The summed E-state index contributed by atoms with van der Waals surface area (Å²) in [6, 6.07) is 12.7. The summed E-state index contributed by atoms with van der Waals surface area (Å²) in [5, 5.41) is 3.29. The van der Waals surface area contributed by atoms with Gasteiger partial charge in [0, 0.05) is 20.1 Å². The van der Waals surface area contributed by atoms with Crippen molar-refractivity contribution in [2.75, 3.05) is 14.2 Å². The largest absolute Gasteiger partial charge is 0.494 e. The van der Waals surface area contributed by atoms with Crippen molar-refractivity contribution in [2.45, 2.75) is 25.6 Å². The lowest BCUT2D eigenvalue weighted by Crippen LogP contribution is -2.48. The maximum atomic E-state index is 13.8. The third-order valence-electron chi connectivity index (χ3n) is 4.39. The van der Waals surface area contributed by atoms with Gasteiger partial charge in [0.2, 0.25) is 5.91 Å². The van der Waals surface area contributed by atoms with Gasteiger partial charge < -0.3 is 15.0 Å². The average Bonchev–Trinajstić information content (AvgIpc) is 2.60. The summed E-state index contributed by atoms with van der Waals surface area (Å²) in [5.74, 6) is -0.195. The Kier molecular flexibility index (Phi) is 4.81. The lowest BCUT2D eigenvalue weighted by Gasteiger charge is -2.29. The molecule has 1 aliphatic rings. The standard InChI is InChI=1S/C19H21FN2O2/c1-22(12-13-7-8-18(24-2)16(20)9-13)19(23)17-10-14-5-3-4-6-15(14)11-21-17/h3-9,17,21H,10-12H2,1-2H3. The van der Waals surface area contributed by atoms with Gasteiger partial charge in [0.25, 0.3) is 0 Å². The Labute approximate surface area is 141 Å². The molecule has 2 aromatic carbocycles. The van der Waals surface area contributed by atoms with Gasteiger partial charge in [-0.1, -0.05) is 30.3 Å². The molecule has 1 aliphatic heterocycles. The van der Waals surface area contributed by atoms with Crippen LogP contribution in [0.2, 0.25) is 0 Å². The predicted molar refractivity (Wildman–Crippen MR) is 90.2 cm³/mol. The van der Waals surface area contributed by atoms with E-state index in [0.29, 0.717) is 19.5 Å². The van der Waals surface area contributed by atoms with Gasteiger partial charge in [0.1, 0.15) is 0 Å². The summed E-state index contributed by atoms with van der Waals surface area (Å²) < 4.78 is 18.7. The zero-order valence-corrected chi connectivity index (χ0v) is 13.9. The van der Waals surface area contributed by atoms with E-state index in [2.05, 4.69) is 17.4 Å². The van der Waals surface area contributed by atoms with Crippen molar-refractivity contribution in [3.8, 4) is 5.75 Å². The molecule has 1 amide bonds. The number of rotatable bonds is 4. The Hall–Kier alpha value is -2.40. The van der Waals surface area contributed by atoms with E-state index < -0.39 is 5.82 Å². The number of nitrogens with one attached hydrogen (secondary N) is 1. The van der Waals surface area contributed by atoms with Crippen LogP contribution in [0.15, 0.2) is 42.5 Å². The van der Waals surface area contributed by atoms with Crippen LogP contribution in [0.4, 0.5) is 4.39 Å². The van der Waals surface area contributed by atoms with E-state index in [4.69, 9.17) is 4.74 Å². The lowest BCUT2D eigenvalue weighted by atomic mass is 9.95. The second kappa shape index (κ2) is 7.01. The highest BCUT2D eigenvalue weighted by Gasteiger charge is 2.26. The van der Waals surface area contributed by atoms with Crippen molar-refractivity contribution < 1.29 is 13.9 Å². The SMILES string of the molecule is COc1ccc(CN(C)C(=O)C2Cc3ccccc3CN2)cc1F. The number of ether oxygens (including phenoxy) is 1. The Balaban J connectivity index is 1.66. The van der Waals surface area contributed by atoms with Gasteiger partial charge in [-0.25, -0.2) is 4.39 Å². The topological polar surface area (TPSA) is 41.6 Å². The number of hydrogen-bond acceptors (Lipinski definition) is 3. The molecule has 0 aliphatic carbocycles. The van der Waals surface area contributed by atoms with E-state index in [1.807, 2.05) is 12.1 Å². The van der Waals surface area contributed by atoms with Crippen LogP contribution >= 0.6 is 0 Å². The molecule has 2 aromatic rings. The second-order valence-electron chi connectivity index (χ2n) is 6.07. The summed E-state index contributed by atoms with van der Waals surface area (Å²) in [6.45, 7) is 1.05. The molecule has 0 saturated carbocycles. The number of nitrogens with zero attached hydrogens (tertiary/aromatic N) is 1. The number of fused-ring (bicyclic) bond motifs is 1. The van der Waals surface area contributed by atoms with Crippen LogP contribution in [0.3, 0.4) is 0 Å². The Morgan fingerprint density at radius 3 is 2.75 bits per heavy atom. The highest BCUT2D eigenvalue weighted by atomic mass is 19.1. The first-order chi connectivity index (χ1) is 11.6. The van der Waals surface area contributed by atoms with E-state index >= 15 is 0 Å². The van der Waals surface area contributed by atoms with Crippen LogP contribution in [-0.4, -0.2) is 31.0 Å². The molecule has 4 nitrogen and oxygen atoms in total. The maximum absolute atomic E-state index is 13.8. The summed E-state index contributed by atoms with van der Waals surface area (Å²) in [6.07, 6.45) is 0.677. The molecule has 0 bridgehead atoms. The highest BCUT2D eigenvalue weighted by molar-refractivity contribution is 5.82. The van der Waals surface area contributed by atoms with E-state index in [0.717, 1.165) is 5.56 Å². The predicted octanol–water partition coefficient (Wildman–Crippen LogP) is 2.51. The molecule has 1 N–H and O–H groups in total. The van der Waals surface area contributed by atoms with Crippen LogP contribution in [-0.2, 0) is 24.3 Å². The van der Waals surface area contributed by atoms with Gasteiger partial charge in [-0.3, -0.25) is 4.79 Å². The maximum Gasteiger partial charge on any atom is 0.240 e. The molecule has 126 valence electrons. The fraction of sp³-hybridized carbons (Fsp3) is 0.316. The number of halogens is 1. The van der Waals surface area contributed by atoms with Crippen LogP contribution in [0.25, 0.3) is 0 Å². The van der Waals surface area contributed by atoms with Gasteiger partial charge in [-0.15, -0.1) is 0 Å². The van der Waals surface area contributed by atoms with Gasteiger partial charge in [-0.2, -0.15) is 0 Å². The van der Waals surface area contributed by atoms with Crippen molar-refractivity contribution in [3.05, 3.63) is 65.0 Å². The fourth-order valence-electron chi connectivity index (χ4n) is 3.05. The van der Waals surface area contributed by atoms with E-state index in [1.54, 1.807) is 24.1 Å². The zero-order chi connectivity index (χ0) is 17.1. The molecule has 3 rings (SSSR count). The first kappa shape index (κ1) is 16.5. The van der Waals surface area contributed by atoms with Gasteiger partial charge in [0.05, 0.1) is 13.2 Å². The molecular weight excluding hydrogens is 307 g/mol. The lowest BCUT2D eigenvalue weighted by molar-refractivity contribution is -0.132. The van der Waals surface area contributed by atoms with Gasteiger partial charge in [-0.05, 0) is 35.2 Å². The third kappa shape index (κ3) is 3.41. The molecule has 0 fully saturated rings. The minimum Gasteiger partial charge on any atom is -0.494 e. The van der Waals surface area contributed by atoms with Crippen molar-refractivity contribution in [1.82, 2.24) is 10.2 Å². The molecular formula is C19H21FN2O2. The summed E-state index contributed by atoms with van der Waals surface area (Å²) in [4.78, 5) is 14.3. The smallest absolute Gasteiger partial charge is 0.240 e. The molecule has 0 spiro atoms. The zero-order valence-electron chi connectivity index (χ0n) is 13.9. The summed E-state index contributed by atoms with van der Waals surface area (Å²) >= 11 is 0. The minimum absolute atomic E-state index is 0.0146. The van der Waals surface area contributed by atoms with Crippen molar-refractivity contribution in [2.24, 2.45) is 0 Å². The van der Waals surface area contributed by atoms with E-state index in [9.17, 15) is 9.18 Å². The Bertz CT molecular complexity index is 748. The third-order valence-corrected chi connectivity index (χ3v) is 4.39. The average molecular weight is 328 g/mol. The van der Waals surface area contributed by atoms with Crippen molar-refractivity contribution in [1.29, 1.82) is 0 Å². The fourth-order valence-corrected chi connectivity index (χ4v) is 3.05. The molecule has 1 atom stereocenters. The number of methoxy groups -OCH3 is 1. The number of benzene rings is 2. The van der Waals surface area contributed by atoms with E-state index in [-0.39, 0.29) is 17.7 Å². The molecule has 5 heteroatoms. The van der Waals surface area contributed by atoms with Crippen LogP contribution in [0.1, 0.15) is 16.7 Å². The van der Waals surface area contributed by atoms with Crippen LogP contribution in [0.5, 0.6) is 5.75 Å². The molecule has 24 heavy (non-hydrogen) atoms. The van der Waals surface area contributed by atoms with Gasteiger partial charge in [0.15, 0.2) is 11.6 Å². The number of carbonyl (C=O) groups is 1. The highest BCUT2D eigenvalue weighted by Crippen LogP contribution is 2.20. The summed E-state index contributed by atoms with van der Waals surface area (Å²) in [7, 11) is 3.17. The molecule has 0 radical (unpaired) electrons. The monoisotopic (exact) mass is 328 g/mol. The number of hydrogen-bond donors (Lipinski definition) is 1. The summed E-state index contributed by atoms with van der Waals surface area (Å²) in [5.41, 5.74) is 3.18.